The second kappa shape index (κ2) is 9.86. The summed E-state index contributed by atoms with van der Waals surface area (Å²) in [5.41, 5.74) is 0. The Bertz CT molecular complexity index is 856. The van der Waals surface area contributed by atoms with Crippen molar-refractivity contribution >= 4 is 33.5 Å². The van der Waals surface area contributed by atoms with Crippen molar-refractivity contribution in [1.82, 2.24) is 9.21 Å². The van der Waals surface area contributed by atoms with Crippen LogP contribution < -0.4 is 0 Å². The zero-order valence-corrected chi connectivity index (χ0v) is 18.3. The third-order valence-electron chi connectivity index (χ3n) is 5.12. The lowest BCUT2D eigenvalue weighted by Crippen LogP contribution is -2.45. The fourth-order valence-electron chi connectivity index (χ4n) is 3.37. The second-order valence-corrected chi connectivity index (χ2v) is 9.40. The predicted molar refractivity (Wildman–Crippen MR) is 106 cm³/mol. The van der Waals surface area contributed by atoms with E-state index < -0.39 is 21.8 Å². The number of esters is 1. The van der Waals surface area contributed by atoms with E-state index in [1.54, 1.807) is 11.8 Å². The summed E-state index contributed by atoms with van der Waals surface area (Å²) in [7, 11) is -2.51. The minimum Gasteiger partial charge on any atom is -0.469 e. The molecule has 1 heterocycles. The van der Waals surface area contributed by atoms with Crippen molar-refractivity contribution in [2.45, 2.75) is 31.6 Å². The van der Waals surface area contributed by atoms with Crippen molar-refractivity contribution in [3.63, 3.8) is 0 Å². The highest BCUT2D eigenvalue weighted by Crippen LogP contribution is 2.27. The van der Waals surface area contributed by atoms with Crippen molar-refractivity contribution in [3.05, 3.63) is 29.0 Å². The molecular weight excluding hydrogens is 423 g/mol. The van der Waals surface area contributed by atoms with Gasteiger partial charge in [-0.25, -0.2) is 12.8 Å². The third-order valence-corrected chi connectivity index (χ3v) is 7.31. The molecule has 1 aliphatic heterocycles. The van der Waals surface area contributed by atoms with Crippen molar-refractivity contribution in [2.75, 3.05) is 33.3 Å². The number of ether oxygens (including phenoxy) is 1. The Morgan fingerprint density at radius 3 is 2.48 bits per heavy atom. The number of carbonyl (C=O) groups excluding carboxylic acids is 2. The van der Waals surface area contributed by atoms with E-state index in [9.17, 15) is 22.4 Å². The molecule has 1 unspecified atom stereocenters. The fraction of sp³-hybridized carbons (Fsp3) is 0.579. The lowest BCUT2D eigenvalue weighted by atomic mass is 9.96. The van der Waals surface area contributed by atoms with Crippen LogP contribution >= 0.6 is 11.6 Å². The van der Waals surface area contributed by atoms with Crippen LogP contribution in [0.3, 0.4) is 0 Å². The summed E-state index contributed by atoms with van der Waals surface area (Å²) in [6.07, 6.45) is 0.742. The Morgan fingerprint density at radius 1 is 1.34 bits per heavy atom. The van der Waals surface area contributed by atoms with Gasteiger partial charge in [-0.05, 0) is 38.0 Å². The summed E-state index contributed by atoms with van der Waals surface area (Å²) < 4.78 is 44.9. The SMILES string of the molecule is CCN(CC(C)C(=O)OC)C(=O)C1CCN(S(=O)(=O)c2ccc(F)c(Cl)c2)CC1. The monoisotopic (exact) mass is 448 g/mol. The van der Waals surface area contributed by atoms with Crippen molar-refractivity contribution < 1.29 is 27.1 Å². The van der Waals surface area contributed by atoms with Gasteiger partial charge in [-0.15, -0.1) is 0 Å². The highest BCUT2D eigenvalue weighted by atomic mass is 35.5. The van der Waals surface area contributed by atoms with E-state index in [0.717, 1.165) is 12.1 Å². The normalized spacial score (nSPS) is 17.0. The highest BCUT2D eigenvalue weighted by Gasteiger charge is 2.34. The summed E-state index contributed by atoms with van der Waals surface area (Å²) >= 11 is 5.71. The van der Waals surface area contributed by atoms with Crippen molar-refractivity contribution in [2.24, 2.45) is 11.8 Å². The first-order valence-corrected chi connectivity index (χ1v) is 11.2. The molecule has 0 saturated carbocycles. The van der Waals surface area contributed by atoms with Crippen LogP contribution in [0.4, 0.5) is 4.39 Å². The Labute approximate surface area is 175 Å². The van der Waals surface area contributed by atoms with Gasteiger partial charge >= 0.3 is 5.97 Å². The smallest absolute Gasteiger partial charge is 0.310 e. The molecule has 1 fully saturated rings. The first-order valence-electron chi connectivity index (χ1n) is 9.43. The molecule has 1 amide bonds. The van der Waals surface area contributed by atoms with E-state index in [-0.39, 0.29) is 47.3 Å². The number of benzene rings is 1. The number of nitrogens with zero attached hydrogens (tertiary/aromatic N) is 2. The van der Waals surface area contributed by atoms with E-state index in [4.69, 9.17) is 16.3 Å². The number of piperidine rings is 1. The molecule has 1 saturated heterocycles. The fourth-order valence-corrected chi connectivity index (χ4v) is 5.11. The molecule has 0 spiro atoms. The van der Waals surface area contributed by atoms with Crippen LogP contribution in [0, 0.1) is 17.7 Å². The van der Waals surface area contributed by atoms with Crippen LogP contribution in [0.25, 0.3) is 0 Å². The lowest BCUT2D eigenvalue weighted by Gasteiger charge is -2.34. The molecule has 1 aromatic carbocycles. The third kappa shape index (κ3) is 5.46. The van der Waals surface area contributed by atoms with E-state index >= 15 is 0 Å². The van der Waals surface area contributed by atoms with Crippen LogP contribution in [0.1, 0.15) is 26.7 Å². The van der Waals surface area contributed by atoms with Gasteiger partial charge in [0.05, 0.1) is 22.9 Å². The molecule has 1 atom stereocenters. The van der Waals surface area contributed by atoms with E-state index in [1.807, 2.05) is 6.92 Å². The molecule has 0 N–H and O–H groups in total. The zero-order valence-electron chi connectivity index (χ0n) is 16.7. The van der Waals surface area contributed by atoms with Gasteiger partial charge in [0.1, 0.15) is 5.82 Å². The molecular formula is C19H26ClFN2O5S. The molecule has 0 aromatic heterocycles. The first-order chi connectivity index (χ1) is 13.6. The van der Waals surface area contributed by atoms with Crippen LogP contribution in [-0.4, -0.2) is 62.8 Å². The van der Waals surface area contributed by atoms with E-state index in [0.29, 0.717) is 19.4 Å². The molecule has 29 heavy (non-hydrogen) atoms. The average molecular weight is 449 g/mol. The Kier molecular flexibility index (Phi) is 8.02. The van der Waals surface area contributed by atoms with Crippen LogP contribution in [0.15, 0.2) is 23.1 Å². The number of halogens is 2. The maximum absolute atomic E-state index is 13.3. The summed E-state index contributed by atoms with van der Waals surface area (Å²) in [5, 5.41) is -0.255. The molecule has 1 aliphatic rings. The van der Waals surface area contributed by atoms with Crippen LogP contribution in [0.5, 0.6) is 0 Å². The van der Waals surface area contributed by atoms with Gasteiger partial charge in [-0.3, -0.25) is 9.59 Å². The van der Waals surface area contributed by atoms with Crippen molar-refractivity contribution in [1.29, 1.82) is 0 Å². The number of carbonyl (C=O) groups is 2. The van der Waals surface area contributed by atoms with Gasteiger partial charge in [0.25, 0.3) is 0 Å². The Hall–Kier alpha value is -1.71. The maximum Gasteiger partial charge on any atom is 0.310 e. The van der Waals surface area contributed by atoms with Gasteiger partial charge < -0.3 is 9.64 Å². The van der Waals surface area contributed by atoms with E-state index in [2.05, 4.69) is 0 Å². The number of sulfonamides is 1. The number of methoxy groups -OCH3 is 1. The molecule has 0 bridgehead atoms. The molecule has 7 nitrogen and oxygen atoms in total. The maximum atomic E-state index is 13.3. The largest absolute Gasteiger partial charge is 0.469 e. The van der Waals surface area contributed by atoms with Crippen LogP contribution in [0.2, 0.25) is 5.02 Å². The first kappa shape index (κ1) is 23.6. The molecule has 0 aliphatic carbocycles. The molecule has 10 heteroatoms. The Balaban J connectivity index is 2.02. The number of rotatable bonds is 7. The minimum atomic E-state index is -3.81. The van der Waals surface area contributed by atoms with Gasteiger partial charge in [0.2, 0.25) is 15.9 Å². The Morgan fingerprint density at radius 2 is 1.97 bits per heavy atom. The number of amides is 1. The van der Waals surface area contributed by atoms with Gasteiger partial charge in [-0.1, -0.05) is 18.5 Å². The minimum absolute atomic E-state index is 0.0734. The summed E-state index contributed by atoms with van der Waals surface area (Å²) in [6.45, 7) is 4.60. The summed E-state index contributed by atoms with van der Waals surface area (Å²) in [6, 6.07) is 3.30. The molecule has 0 radical (unpaired) electrons. The topological polar surface area (TPSA) is 84.0 Å². The molecule has 162 valence electrons. The van der Waals surface area contributed by atoms with Crippen molar-refractivity contribution in [3.8, 4) is 0 Å². The lowest BCUT2D eigenvalue weighted by molar-refractivity contribution is -0.147. The molecule has 1 aromatic rings. The second-order valence-electron chi connectivity index (χ2n) is 7.06. The number of hydrogen-bond donors (Lipinski definition) is 0. The van der Waals surface area contributed by atoms with E-state index in [1.165, 1.54) is 17.5 Å². The summed E-state index contributed by atoms with van der Waals surface area (Å²) in [4.78, 5) is 26.0. The molecule has 2 rings (SSSR count). The summed E-state index contributed by atoms with van der Waals surface area (Å²) in [5.74, 6) is -1.91. The van der Waals surface area contributed by atoms with Gasteiger partial charge in [-0.2, -0.15) is 4.31 Å². The predicted octanol–water partition coefficient (Wildman–Crippen LogP) is 2.54. The van der Waals surface area contributed by atoms with Crippen LogP contribution in [-0.2, 0) is 24.3 Å². The van der Waals surface area contributed by atoms with Gasteiger partial charge in [0, 0.05) is 32.1 Å². The standard InChI is InChI=1S/C19H26ClFN2O5S/c1-4-22(12-13(2)19(25)28-3)18(24)14-7-9-23(10-8-14)29(26,27)15-5-6-17(21)16(20)11-15/h5-6,11,13-14H,4,7-10,12H2,1-3H3. The highest BCUT2D eigenvalue weighted by molar-refractivity contribution is 7.89. The van der Waals surface area contributed by atoms with Gasteiger partial charge in [0.15, 0.2) is 0 Å². The average Bonchev–Trinajstić information content (AvgIpc) is 2.72. The zero-order chi connectivity index (χ0) is 21.8. The quantitative estimate of drug-likeness (QED) is 0.598. The number of hydrogen-bond acceptors (Lipinski definition) is 5.